The van der Waals surface area contributed by atoms with Crippen LogP contribution < -0.4 is 26.9 Å². The van der Waals surface area contributed by atoms with Gasteiger partial charge < -0.3 is 20.0 Å². The van der Waals surface area contributed by atoms with Gasteiger partial charge in [-0.05, 0) is 46.5 Å². The number of hydrogen-bond acceptors (Lipinski definition) is 5. The van der Waals surface area contributed by atoms with Gasteiger partial charge in [0, 0.05) is 6.54 Å². The fourth-order valence-corrected chi connectivity index (χ4v) is 2.63. The highest BCUT2D eigenvalue weighted by Crippen LogP contribution is 2.21. The maximum atomic E-state index is 12.5. The van der Waals surface area contributed by atoms with Crippen LogP contribution in [0.1, 0.15) is 46.5 Å². The molecule has 2 amide bonds. The minimum atomic E-state index is -1.38. The molecule has 1 fully saturated rings. The van der Waals surface area contributed by atoms with Crippen LogP contribution in [0, 0.1) is 0 Å². The van der Waals surface area contributed by atoms with Crippen LogP contribution in [0.4, 0.5) is 4.79 Å². The highest BCUT2D eigenvalue weighted by Gasteiger charge is 2.37. The minimum Gasteiger partial charge on any atom is -0.548 e. The van der Waals surface area contributed by atoms with Gasteiger partial charge in [0.25, 0.3) is 0 Å². The van der Waals surface area contributed by atoms with E-state index >= 15 is 0 Å². The smallest absolute Gasteiger partial charge is 0.410 e. The van der Waals surface area contributed by atoms with Gasteiger partial charge >= 0.3 is 12.1 Å². The normalized spacial score (nSPS) is 18.1. The van der Waals surface area contributed by atoms with Gasteiger partial charge in [-0.3, -0.25) is 26.2 Å². The number of rotatable bonds is 7. The molecule has 0 saturated carbocycles. The number of aliphatic carboxylic acids is 1. The Hall–Kier alpha value is -2.52. The topological polar surface area (TPSA) is 165 Å². The summed E-state index contributed by atoms with van der Waals surface area (Å²) in [5, 5.41) is 13.7. The van der Waals surface area contributed by atoms with Gasteiger partial charge in [0.15, 0.2) is 0 Å². The second kappa shape index (κ2) is 9.25. The molecule has 26 heavy (non-hydrogen) atoms. The first-order valence-electron chi connectivity index (χ1n) is 8.64. The molecule has 0 unspecified atom stereocenters. The first-order valence-corrected chi connectivity index (χ1v) is 8.64. The van der Waals surface area contributed by atoms with Crippen LogP contribution in [0.3, 0.4) is 0 Å². The first-order chi connectivity index (χ1) is 12.0. The fraction of sp³-hybridized carbons (Fsp3) is 0.750. The molecule has 0 aromatic carbocycles. The lowest BCUT2D eigenvalue weighted by Crippen LogP contribution is -2.78. The molecule has 10 nitrogen and oxygen atoms in total. The number of amides is 2. The lowest BCUT2D eigenvalue weighted by molar-refractivity contribution is -0.459. The van der Waals surface area contributed by atoms with Crippen LogP contribution in [0.2, 0.25) is 0 Å². The maximum absolute atomic E-state index is 12.5. The standard InChI is InChI=1S/C16H29N5O5/c1-16(2,3)26-15(25)21-9-5-7-11(21)12(22)20-10(13(23)24)6-4-8-19-14(17)18/h10-11H,4-9H2,1-3H3,(H,20,22)(H,23,24)(H4,17,18,19)/t10-,11-/m0/s1. The third kappa shape index (κ3) is 7.16. The van der Waals surface area contributed by atoms with Gasteiger partial charge in [-0.15, -0.1) is 0 Å². The number of nitrogens with two attached hydrogens (primary N) is 2. The van der Waals surface area contributed by atoms with E-state index in [0.717, 1.165) is 0 Å². The number of carbonyl (C=O) groups is 3. The van der Waals surface area contributed by atoms with Gasteiger partial charge in [0.2, 0.25) is 5.91 Å². The van der Waals surface area contributed by atoms with Crippen LogP contribution in [0.25, 0.3) is 0 Å². The van der Waals surface area contributed by atoms with Gasteiger partial charge in [-0.25, -0.2) is 4.79 Å². The molecule has 1 rings (SSSR count). The molecule has 0 aromatic heterocycles. The predicted molar refractivity (Wildman–Crippen MR) is 91.3 cm³/mol. The molecule has 0 aromatic rings. The third-order valence-corrected chi connectivity index (χ3v) is 3.78. The van der Waals surface area contributed by atoms with Crippen molar-refractivity contribution in [3.63, 3.8) is 0 Å². The summed E-state index contributed by atoms with van der Waals surface area (Å²) in [6.07, 6.45) is 1.07. The van der Waals surface area contributed by atoms with Crippen molar-refractivity contribution < 1.29 is 29.2 Å². The Bertz CT molecular complexity index is 554. The largest absolute Gasteiger partial charge is 0.548 e. The SMILES string of the molecule is CC(C)(C)OC(=O)N1CCC[C@H]1C(=O)N[C@@H](CCC[NH+]=C(N)N)C(=O)[O-]. The Morgan fingerprint density at radius 2 is 2.00 bits per heavy atom. The number of ether oxygens (including phenoxy) is 1. The van der Waals surface area contributed by atoms with E-state index in [9.17, 15) is 19.5 Å². The third-order valence-electron chi connectivity index (χ3n) is 3.78. The number of hydrogen-bond donors (Lipinski definition) is 4. The van der Waals surface area contributed by atoms with Crippen molar-refractivity contribution in [1.82, 2.24) is 10.2 Å². The molecule has 0 radical (unpaired) electrons. The van der Waals surface area contributed by atoms with Crippen molar-refractivity contribution >= 4 is 23.9 Å². The Morgan fingerprint density at radius 1 is 1.35 bits per heavy atom. The van der Waals surface area contributed by atoms with Crippen molar-refractivity contribution in [2.45, 2.75) is 64.1 Å². The van der Waals surface area contributed by atoms with E-state index in [0.29, 0.717) is 32.4 Å². The summed E-state index contributed by atoms with van der Waals surface area (Å²) in [5.74, 6) is -1.87. The molecule has 1 heterocycles. The van der Waals surface area contributed by atoms with E-state index < -0.39 is 35.7 Å². The molecule has 0 spiro atoms. The molecule has 2 atom stereocenters. The Kier molecular flexibility index (Phi) is 7.66. The number of nitrogens with one attached hydrogen (secondary N) is 2. The number of carbonyl (C=O) groups excluding carboxylic acids is 3. The molecule has 6 N–H and O–H groups in total. The molecule has 0 aliphatic carbocycles. The fourth-order valence-electron chi connectivity index (χ4n) is 2.63. The zero-order valence-corrected chi connectivity index (χ0v) is 15.5. The zero-order chi connectivity index (χ0) is 19.9. The number of carboxylic acids is 1. The molecular formula is C16H29N5O5. The van der Waals surface area contributed by atoms with Gasteiger partial charge in [-0.1, -0.05) is 0 Å². The molecule has 1 saturated heterocycles. The van der Waals surface area contributed by atoms with Crippen LogP contribution in [0.15, 0.2) is 0 Å². The van der Waals surface area contributed by atoms with Gasteiger partial charge in [0.05, 0.1) is 18.6 Å². The van der Waals surface area contributed by atoms with E-state index in [1.165, 1.54) is 4.90 Å². The van der Waals surface area contributed by atoms with E-state index in [-0.39, 0.29) is 12.4 Å². The Labute approximate surface area is 152 Å². The zero-order valence-electron chi connectivity index (χ0n) is 15.5. The monoisotopic (exact) mass is 371 g/mol. The molecule has 148 valence electrons. The number of carboxylic acid groups (broad SMARTS) is 1. The van der Waals surface area contributed by atoms with Crippen LogP contribution >= 0.6 is 0 Å². The predicted octanol–water partition coefficient (Wildman–Crippen LogP) is -3.25. The Morgan fingerprint density at radius 3 is 2.54 bits per heavy atom. The van der Waals surface area contributed by atoms with E-state index in [2.05, 4.69) is 10.3 Å². The average Bonchev–Trinajstić information content (AvgIpc) is 2.97. The highest BCUT2D eigenvalue weighted by molar-refractivity contribution is 5.89. The van der Waals surface area contributed by atoms with Crippen molar-refractivity contribution in [2.24, 2.45) is 11.5 Å². The van der Waals surface area contributed by atoms with Crippen LogP contribution in [-0.4, -0.2) is 59.6 Å². The molecule has 0 bridgehead atoms. The van der Waals surface area contributed by atoms with Gasteiger partial charge in [-0.2, -0.15) is 0 Å². The molecule has 1 aliphatic heterocycles. The summed E-state index contributed by atoms with van der Waals surface area (Å²) in [6, 6.07) is -1.91. The summed E-state index contributed by atoms with van der Waals surface area (Å²) in [6.45, 7) is 5.97. The van der Waals surface area contributed by atoms with E-state index in [4.69, 9.17) is 16.2 Å². The van der Waals surface area contributed by atoms with E-state index in [1.807, 2.05) is 0 Å². The van der Waals surface area contributed by atoms with Crippen LogP contribution in [-0.2, 0) is 14.3 Å². The summed E-state index contributed by atoms with van der Waals surface area (Å²) < 4.78 is 5.30. The lowest BCUT2D eigenvalue weighted by atomic mass is 10.1. The highest BCUT2D eigenvalue weighted by atomic mass is 16.6. The van der Waals surface area contributed by atoms with Crippen LogP contribution in [0.5, 0.6) is 0 Å². The molecule has 1 aliphatic rings. The average molecular weight is 371 g/mol. The minimum absolute atomic E-state index is 0.0398. The summed E-state index contributed by atoms with van der Waals surface area (Å²) in [4.78, 5) is 40.0. The second-order valence-electron chi connectivity index (χ2n) is 7.24. The molecular weight excluding hydrogens is 342 g/mol. The molecule has 10 heteroatoms. The first kappa shape index (κ1) is 21.5. The summed E-state index contributed by atoms with van der Waals surface area (Å²) in [5.41, 5.74) is 9.83. The second-order valence-corrected chi connectivity index (χ2v) is 7.24. The number of likely N-dealkylation sites (tertiary alicyclic amines) is 1. The van der Waals surface area contributed by atoms with Crippen molar-refractivity contribution in [2.75, 3.05) is 13.1 Å². The Balaban J connectivity index is 2.65. The van der Waals surface area contributed by atoms with Gasteiger partial charge in [0.1, 0.15) is 11.6 Å². The number of guanidine groups is 1. The summed E-state index contributed by atoms with van der Waals surface area (Å²) >= 11 is 0. The van der Waals surface area contributed by atoms with Crippen molar-refractivity contribution in [3.8, 4) is 0 Å². The maximum Gasteiger partial charge on any atom is 0.410 e. The quantitative estimate of drug-likeness (QED) is 0.207. The lowest BCUT2D eigenvalue weighted by Gasteiger charge is -2.29. The number of nitrogens with zero attached hydrogens (tertiary/aromatic N) is 1. The van der Waals surface area contributed by atoms with Crippen molar-refractivity contribution in [1.29, 1.82) is 0 Å². The van der Waals surface area contributed by atoms with E-state index in [1.54, 1.807) is 20.8 Å². The summed E-state index contributed by atoms with van der Waals surface area (Å²) in [7, 11) is 0. The van der Waals surface area contributed by atoms with Crippen molar-refractivity contribution in [3.05, 3.63) is 0 Å².